The Hall–Kier alpha value is -2.13. The first-order valence-electron chi connectivity index (χ1n) is 11.4. The molecule has 0 radical (unpaired) electrons. The van der Waals surface area contributed by atoms with Gasteiger partial charge in [-0.25, -0.2) is 0 Å². The number of amides is 2. The molecule has 2 fully saturated rings. The summed E-state index contributed by atoms with van der Waals surface area (Å²) in [7, 11) is 0. The van der Waals surface area contributed by atoms with Crippen LogP contribution in [0.2, 0.25) is 5.02 Å². The first-order chi connectivity index (χ1) is 16.2. The van der Waals surface area contributed by atoms with Crippen LogP contribution in [0, 0.1) is 0 Å². The number of carbonyl (C=O) groups is 2. The van der Waals surface area contributed by atoms with Crippen molar-refractivity contribution in [2.45, 2.75) is 24.6 Å². The van der Waals surface area contributed by atoms with Crippen molar-refractivity contribution in [3.63, 3.8) is 0 Å². The van der Waals surface area contributed by atoms with Crippen molar-refractivity contribution < 1.29 is 9.59 Å². The normalized spacial score (nSPS) is 21.0. The quantitative estimate of drug-likeness (QED) is 0.588. The number of benzene rings is 2. The van der Waals surface area contributed by atoms with Gasteiger partial charge in [0.1, 0.15) is 10.4 Å². The number of thioether (sulfide) groups is 1. The van der Waals surface area contributed by atoms with Gasteiger partial charge in [-0.05, 0) is 50.2 Å². The second-order valence-corrected chi connectivity index (χ2v) is 11.8. The van der Waals surface area contributed by atoms with Crippen molar-refractivity contribution in [1.29, 1.82) is 0 Å². The Morgan fingerprint density at radius 3 is 2.35 bits per heavy atom. The molecule has 9 heteroatoms. The van der Waals surface area contributed by atoms with Crippen LogP contribution in [0.1, 0.15) is 24.2 Å². The molecular formula is C25H29ClN4O2S2. The maximum atomic E-state index is 13.4. The van der Waals surface area contributed by atoms with Crippen LogP contribution in [0.3, 0.4) is 0 Å². The summed E-state index contributed by atoms with van der Waals surface area (Å²) < 4.78 is 0.0172. The Balaban J connectivity index is 1.35. The lowest BCUT2D eigenvalue weighted by Crippen LogP contribution is -2.63. The number of halogens is 1. The zero-order valence-electron chi connectivity index (χ0n) is 19.4. The molecule has 0 bridgehead atoms. The number of nitrogens with zero attached hydrogens (tertiary/aromatic N) is 3. The summed E-state index contributed by atoms with van der Waals surface area (Å²) in [6.45, 7) is 8.89. The fourth-order valence-electron chi connectivity index (χ4n) is 4.24. The number of anilines is 1. The lowest BCUT2D eigenvalue weighted by atomic mass is 10.0. The molecular weight excluding hydrogens is 488 g/mol. The summed E-state index contributed by atoms with van der Waals surface area (Å²) in [6.07, 6.45) is 0. The van der Waals surface area contributed by atoms with Crippen molar-refractivity contribution in [3.05, 3.63) is 65.2 Å². The van der Waals surface area contributed by atoms with Gasteiger partial charge in [-0.3, -0.25) is 19.4 Å². The van der Waals surface area contributed by atoms with Gasteiger partial charge in [-0.1, -0.05) is 53.8 Å². The molecule has 2 aliphatic heterocycles. The van der Waals surface area contributed by atoms with E-state index in [9.17, 15) is 9.59 Å². The Morgan fingerprint density at radius 2 is 1.71 bits per heavy atom. The predicted molar refractivity (Wildman–Crippen MR) is 144 cm³/mol. The van der Waals surface area contributed by atoms with Crippen LogP contribution >= 0.6 is 35.6 Å². The average Bonchev–Trinajstić information content (AvgIpc) is 2.82. The standard InChI is InChI=1S/C25H29ClN4O2S2/c1-25(2)21(27-22(31)18-8-10-19(26)11-9-18)23(32)30(24(33)34-25)17-14-28-12-15-29(16-13-28)20-6-4-3-5-7-20/h3-11,21H,12-17H2,1-2H3,(H,27,31). The predicted octanol–water partition coefficient (Wildman–Crippen LogP) is 3.90. The largest absolute Gasteiger partial charge is 0.369 e. The lowest BCUT2D eigenvalue weighted by molar-refractivity contribution is -0.130. The van der Waals surface area contributed by atoms with E-state index in [4.69, 9.17) is 23.8 Å². The molecule has 34 heavy (non-hydrogen) atoms. The SMILES string of the molecule is CC1(C)SC(=S)N(CCN2CCN(c3ccccc3)CC2)C(=O)C1NC(=O)c1ccc(Cl)cc1. The molecule has 180 valence electrons. The van der Waals surface area contributed by atoms with E-state index in [2.05, 4.69) is 39.4 Å². The molecule has 1 unspecified atom stereocenters. The van der Waals surface area contributed by atoms with Crippen molar-refractivity contribution in [1.82, 2.24) is 15.1 Å². The summed E-state index contributed by atoms with van der Waals surface area (Å²) in [5.41, 5.74) is 1.71. The summed E-state index contributed by atoms with van der Waals surface area (Å²) in [5, 5.41) is 3.49. The van der Waals surface area contributed by atoms with E-state index in [0.717, 1.165) is 32.7 Å². The molecule has 2 aliphatic rings. The van der Waals surface area contributed by atoms with Crippen molar-refractivity contribution >= 4 is 57.4 Å². The molecule has 0 saturated carbocycles. The molecule has 0 spiro atoms. The van der Waals surface area contributed by atoms with Gasteiger partial charge in [0.15, 0.2) is 0 Å². The molecule has 0 aliphatic carbocycles. The third-order valence-corrected chi connectivity index (χ3v) is 8.17. The summed E-state index contributed by atoms with van der Waals surface area (Å²) >= 11 is 13.0. The monoisotopic (exact) mass is 516 g/mol. The Labute approximate surface area is 215 Å². The zero-order chi connectivity index (χ0) is 24.3. The molecule has 2 heterocycles. The maximum Gasteiger partial charge on any atom is 0.252 e. The van der Waals surface area contributed by atoms with Crippen LogP contribution in [0.15, 0.2) is 54.6 Å². The number of piperazine rings is 1. The van der Waals surface area contributed by atoms with Gasteiger partial charge in [0.25, 0.3) is 11.8 Å². The fourth-order valence-corrected chi connectivity index (χ4v) is 6.22. The Bertz CT molecular complexity index is 1040. The fraction of sp³-hybridized carbons (Fsp3) is 0.400. The van der Waals surface area contributed by atoms with Crippen LogP contribution in [0.4, 0.5) is 5.69 Å². The van der Waals surface area contributed by atoms with Crippen LogP contribution in [-0.2, 0) is 4.79 Å². The number of carbonyl (C=O) groups excluding carboxylic acids is 2. The number of hydrogen-bond acceptors (Lipinski definition) is 6. The highest BCUT2D eigenvalue weighted by atomic mass is 35.5. The molecule has 0 aromatic heterocycles. The first kappa shape index (κ1) is 25.0. The van der Waals surface area contributed by atoms with Gasteiger partial charge in [-0.2, -0.15) is 0 Å². The lowest BCUT2D eigenvalue weighted by Gasteiger charge is -2.43. The third-order valence-electron chi connectivity index (χ3n) is 6.29. The number of thiocarbonyl (C=S) groups is 1. The number of rotatable bonds is 6. The number of para-hydroxylation sites is 1. The van der Waals surface area contributed by atoms with Gasteiger partial charge in [0, 0.05) is 60.3 Å². The minimum atomic E-state index is -0.678. The highest BCUT2D eigenvalue weighted by Gasteiger charge is 2.46. The molecule has 2 saturated heterocycles. The first-order valence-corrected chi connectivity index (χ1v) is 13.0. The average molecular weight is 517 g/mol. The van der Waals surface area contributed by atoms with Crippen LogP contribution in [-0.4, -0.2) is 76.0 Å². The van der Waals surface area contributed by atoms with Crippen molar-refractivity contribution in [2.75, 3.05) is 44.2 Å². The molecule has 6 nitrogen and oxygen atoms in total. The van der Waals surface area contributed by atoms with Crippen LogP contribution in [0.5, 0.6) is 0 Å². The molecule has 1 atom stereocenters. The van der Waals surface area contributed by atoms with Crippen LogP contribution in [0.25, 0.3) is 0 Å². The molecule has 2 amide bonds. The van der Waals surface area contributed by atoms with Crippen molar-refractivity contribution in [3.8, 4) is 0 Å². The van der Waals surface area contributed by atoms with Gasteiger partial charge < -0.3 is 10.2 Å². The summed E-state index contributed by atoms with van der Waals surface area (Å²) in [5.74, 6) is -0.451. The molecule has 2 aromatic rings. The Morgan fingerprint density at radius 1 is 1.06 bits per heavy atom. The highest BCUT2D eigenvalue weighted by Crippen LogP contribution is 2.36. The van der Waals surface area contributed by atoms with Gasteiger partial charge in [-0.15, -0.1) is 0 Å². The third kappa shape index (κ3) is 5.74. The van der Waals surface area contributed by atoms with Crippen molar-refractivity contribution in [2.24, 2.45) is 0 Å². The van der Waals surface area contributed by atoms with E-state index in [1.165, 1.54) is 17.4 Å². The minimum Gasteiger partial charge on any atom is -0.369 e. The van der Waals surface area contributed by atoms with E-state index in [1.54, 1.807) is 29.2 Å². The van der Waals surface area contributed by atoms with Gasteiger partial charge in [0.2, 0.25) is 0 Å². The van der Waals surface area contributed by atoms with Crippen LogP contribution < -0.4 is 10.2 Å². The summed E-state index contributed by atoms with van der Waals surface area (Å²) in [6, 6.07) is 16.4. The topological polar surface area (TPSA) is 55.9 Å². The van der Waals surface area contributed by atoms with Gasteiger partial charge >= 0.3 is 0 Å². The second kappa shape index (κ2) is 10.6. The van der Waals surface area contributed by atoms with E-state index < -0.39 is 10.8 Å². The summed E-state index contributed by atoms with van der Waals surface area (Å²) in [4.78, 5) is 32.7. The molecule has 2 aromatic carbocycles. The number of nitrogens with one attached hydrogen (secondary N) is 1. The maximum absolute atomic E-state index is 13.4. The second-order valence-electron chi connectivity index (χ2n) is 9.04. The Kier molecular flexibility index (Phi) is 7.82. The highest BCUT2D eigenvalue weighted by molar-refractivity contribution is 8.24. The van der Waals surface area contributed by atoms with E-state index in [-0.39, 0.29) is 11.8 Å². The smallest absolute Gasteiger partial charge is 0.252 e. The zero-order valence-corrected chi connectivity index (χ0v) is 21.8. The minimum absolute atomic E-state index is 0.154. The van der Waals surface area contributed by atoms with E-state index >= 15 is 0 Å². The molecule has 4 rings (SSSR count). The number of hydrogen-bond donors (Lipinski definition) is 1. The van der Waals surface area contributed by atoms with E-state index in [0.29, 0.717) is 21.5 Å². The molecule has 1 N–H and O–H groups in total. The van der Waals surface area contributed by atoms with E-state index in [1.807, 2.05) is 19.9 Å². The van der Waals surface area contributed by atoms with Gasteiger partial charge in [0.05, 0.1) is 0 Å².